The average Bonchev–Trinajstić information content (AvgIpc) is 2.76. The van der Waals surface area contributed by atoms with E-state index in [-0.39, 0.29) is 17.6 Å². The van der Waals surface area contributed by atoms with Crippen LogP contribution in [-0.2, 0) is 14.8 Å². The first-order valence-electron chi connectivity index (χ1n) is 11.0. The maximum atomic E-state index is 13.5. The van der Waals surface area contributed by atoms with Gasteiger partial charge in [-0.05, 0) is 43.5 Å². The molecule has 0 spiro atoms. The summed E-state index contributed by atoms with van der Waals surface area (Å²) < 4.78 is 32.9. The fourth-order valence-electron chi connectivity index (χ4n) is 4.37. The van der Waals surface area contributed by atoms with Crippen molar-refractivity contribution in [1.29, 1.82) is 0 Å². The Morgan fingerprint density at radius 1 is 1.19 bits per heavy atom. The molecule has 2 aromatic rings. The minimum Gasteiger partial charge on any atom is -0.487 e. The van der Waals surface area contributed by atoms with Crippen LogP contribution in [0.1, 0.15) is 58.1 Å². The van der Waals surface area contributed by atoms with E-state index < -0.39 is 16.1 Å². The van der Waals surface area contributed by atoms with Gasteiger partial charge in [0.15, 0.2) is 0 Å². The van der Waals surface area contributed by atoms with E-state index in [1.807, 2.05) is 24.3 Å². The summed E-state index contributed by atoms with van der Waals surface area (Å²) in [6, 6.07) is 13.1. The zero-order valence-corrected chi connectivity index (χ0v) is 20.5. The Labute approximate surface area is 196 Å². The average molecular weight is 479 g/mol. The second-order valence-electron chi connectivity index (χ2n) is 8.26. The summed E-state index contributed by atoms with van der Waals surface area (Å²) in [5.74, 6) is 0.413. The zero-order chi connectivity index (χ0) is 23.5. The predicted octanol–water partition coefficient (Wildman–Crippen LogP) is 5.08. The third kappa shape index (κ3) is 5.04. The molecule has 174 valence electrons. The van der Waals surface area contributed by atoms with E-state index >= 15 is 0 Å². The lowest BCUT2D eigenvalue weighted by Gasteiger charge is -2.42. The number of nitrogens with one attached hydrogen (secondary N) is 1. The van der Waals surface area contributed by atoms with Crippen molar-refractivity contribution in [2.45, 2.75) is 64.1 Å². The number of fused-ring (bicyclic) bond motifs is 1. The molecule has 1 amide bonds. The van der Waals surface area contributed by atoms with E-state index in [2.05, 4.69) is 19.2 Å². The van der Waals surface area contributed by atoms with Gasteiger partial charge in [0.2, 0.25) is 15.9 Å². The molecule has 1 aliphatic rings. The Morgan fingerprint density at radius 2 is 1.88 bits per heavy atom. The normalized spacial score (nSPS) is 18.2. The van der Waals surface area contributed by atoms with Gasteiger partial charge in [-0.15, -0.1) is 0 Å². The Kier molecular flexibility index (Phi) is 7.40. The van der Waals surface area contributed by atoms with E-state index in [9.17, 15) is 13.2 Å². The number of ether oxygens (including phenoxy) is 1. The standard InChI is InChI=1S/C24H31ClN2O4S/c1-5-21(27(32(4,29)30)18-12-10-11-17(25)15-18)23(28)26-20-16-24(6-2,7-3)31-22-14-9-8-13-19(20)22/h8-15,20-21H,5-7,16H2,1-4H3,(H,26,28)/t20-,21+/m0/s1. The molecule has 2 atom stereocenters. The number of hydrogen-bond donors (Lipinski definition) is 1. The molecule has 0 fully saturated rings. The Morgan fingerprint density at radius 3 is 2.47 bits per heavy atom. The zero-order valence-electron chi connectivity index (χ0n) is 19.0. The highest BCUT2D eigenvalue weighted by molar-refractivity contribution is 7.92. The van der Waals surface area contributed by atoms with Crippen LogP contribution in [-0.4, -0.2) is 32.2 Å². The third-order valence-electron chi connectivity index (χ3n) is 6.19. The molecule has 0 aromatic heterocycles. The summed E-state index contributed by atoms with van der Waals surface area (Å²) in [5, 5.41) is 3.53. The first-order valence-corrected chi connectivity index (χ1v) is 13.2. The molecule has 0 unspecified atom stereocenters. The van der Waals surface area contributed by atoms with E-state index in [0.29, 0.717) is 23.6 Å². The summed E-state index contributed by atoms with van der Waals surface area (Å²) in [4.78, 5) is 13.5. The highest BCUT2D eigenvalue weighted by atomic mass is 35.5. The van der Waals surface area contributed by atoms with Crippen LogP contribution in [0.5, 0.6) is 5.75 Å². The summed E-state index contributed by atoms with van der Waals surface area (Å²) in [6.45, 7) is 5.96. The summed E-state index contributed by atoms with van der Waals surface area (Å²) in [7, 11) is -3.74. The van der Waals surface area contributed by atoms with Gasteiger partial charge in [0.05, 0.1) is 18.0 Å². The molecule has 1 N–H and O–H groups in total. The molecule has 3 rings (SSSR count). The molecule has 6 nitrogen and oxygen atoms in total. The molecular weight excluding hydrogens is 448 g/mol. The highest BCUT2D eigenvalue weighted by Gasteiger charge is 2.40. The van der Waals surface area contributed by atoms with Crippen molar-refractivity contribution in [2.24, 2.45) is 0 Å². The van der Waals surface area contributed by atoms with Crippen molar-refractivity contribution < 1.29 is 17.9 Å². The second kappa shape index (κ2) is 9.71. The lowest BCUT2D eigenvalue weighted by atomic mass is 9.83. The Balaban J connectivity index is 1.96. The van der Waals surface area contributed by atoms with E-state index in [1.54, 1.807) is 31.2 Å². The van der Waals surface area contributed by atoms with Gasteiger partial charge in [-0.2, -0.15) is 0 Å². The largest absolute Gasteiger partial charge is 0.487 e. The maximum absolute atomic E-state index is 13.5. The van der Waals surface area contributed by atoms with Crippen molar-refractivity contribution in [1.82, 2.24) is 5.32 Å². The molecule has 32 heavy (non-hydrogen) atoms. The molecule has 8 heteroatoms. The highest BCUT2D eigenvalue weighted by Crippen LogP contribution is 2.42. The first kappa shape index (κ1) is 24.4. The minimum atomic E-state index is -3.74. The summed E-state index contributed by atoms with van der Waals surface area (Å²) >= 11 is 6.11. The SMILES string of the molecule is CC[C@H](C(=O)N[C@H]1CC(CC)(CC)Oc2ccccc21)N(c1cccc(Cl)c1)S(C)(=O)=O. The van der Waals surface area contributed by atoms with Crippen LogP contribution in [0.15, 0.2) is 48.5 Å². The topological polar surface area (TPSA) is 75.7 Å². The van der Waals surface area contributed by atoms with Crippen LogP contribution >= 0.6 is 11.6 Å². The van der Waals surface area contributed by atoms with Gasteiger partial charge in [-0.3, -0.25) is 9.10 Å². The van der Waals surface area contributed by atoms with E-state index in [0.717, 1.165) is 34.7 Å². The Hall–Kier alpha value is -2.25. The molecule has 1 heterocycles. The molecule has 2 aromatic carbocycles. The molecular formula is C24H31ClN2O4S. The number of carbonyl (C=O) groups is 1. The van der Waals surface area contributed by atoms with Gasteiger partial charge < -0.3 is 10.1 Å². The lowest BCUT2D eigenvalue weighted by Crippen LogP contribution is -2.52. The van der Waals surface area contributed by atoms with Crippen LogP contribution in [0.4, 0.5) is 5.69 Å². The fourth-order valence-corrected chi connectivity index (χ4v) is 5.76. The number of benzene rings is 2. The Bertz CT molecular complexity index is 1070. The first-order chi connectivity index (χ1) is 15.1. The third-order valence-corrected chi connectivity index (χ3v) is 7.61. The number of sulfonamides is 1. The molecule has 0 aliphatic carbocycles. The van der Waals surface area contributed by atoms with Crippen molar-refractivity contribution in [3.63, 3.8) is 0 Å². The molecule has 0 bridgehead atoms. The second-order valence-corrected chi connectivity index (χ2v) is 10.6. The molecule has 0 radical (unpaired) electrons. The minimum absolute atomic E-state index is 0.276. The number of para-hydroxylation sites is 1. The van der Waals surface area contributed by atoms with Gasteiger partial charge in [-0.25, -0.2) is 8.42 Å². The van der Waals surface area contributed by atoms with Gasteiger partial charge in [0.1, 0.15) is 17.4 Å². The molecule has 0 saturated carbocycles. The molecule has 1 aliphatic heterocycles. The fraction of sp³-hybridized carbons (Fsp3) is 0.458. The van der Waals surface area contributed by atoms with E-state index in [1.165, 1.54) is 0 Å². The van der Waals surface area contributed by atoms with Gasteiger partial charge in [-0.1, -0.05) is 56.6 Å². The van der Waals surface area contributed by atoms with Crippen molar-refractivity contribution >= 4 is 33.2 Å². The van der Waals surface area contributed by atoms with Crippen LogP contribution in [0.3, 0.4) is 0 Å². The smallest absolute Gasteiger partial charge is 0.244 e. The molecule has 0 saturated heterocycles. The number of carbonyl (C=O) groups excluding carboxylic acids is 1. The lowest BCUT2D eigenvalue weighted by molar-refractivity contribution is -0.123. The van der Waals surface area contributed by atoms with Crippen molar-refractivity contribution in [2.75, 3.05) is 10.6 Å². The van der Waals surface area contributed by atoms with Crippen LogP contribution in [0.25, 0.3) is 0 Å². The van der Waals surface area contributed by atoms with Gasteiger partial charge in [0.25, 0.3) is 0 Å². The maximum Gasteiger partial charge on any atom is 0.244 e. The monoisotopic (exact) mass is 478 g/mol. The number of anilines is 1. The van der Waals surface area contributed by atoms with Crippen molar-refractivity contribution in [3.05, 3.63) is 59.1 Å². The number of nitrogens with zero attached hydrogens (tertiary/aromatic N) is 1. The van der Waals surface area contributed by atoms with Gasteiger partial charge >= 0.3 is 0 Å². The van der Waals surface area contributed by atoms with Crippen LogP contribution < -0.4 is 14.4 Å². The number of rotatable bonds is 8. The number of amides is 1. The number of halogens is 1. The summed E-state index contributed by atoms with van der Waals surface area (Å²) in [5.41, 5.74) is 0.894. The van der Waals surface area contributed by atoms with Crippen LogP contribution in [0.2, 0.25) is 5.02 Å². The number of hydrogen-bond acceptors (Lipinski definition) is 4. The summed E-state index contributed by atoms with van der Waals surface area (Å²) in [6.07, 6.45) is 3.64. The van der Waals surface area contributed by atoms with Gasteiger partial charge in [0, 0.05) is 17.0 Å². The van der Waals surface area contributed by atoms with Crippen LogP contribution in [0, 0.1) is 0 Å². The van der Waals surface area contributed by atoms with Crippen molar-refractivity contribution in [3.8, 4) is 5.75 Å². The quantitative estimate of drug-likeness (QED) is 0.573. The van der Waals surface area contributed by atoms with E-state index in [4.69, 9.17) is 16.3 Å². The predicted molar refractivity (Wildman–Crippen MR) is 129 cm³/mol.